The second-order valence-electron chi connectivity index (χ2n) is 2.85. The molecule has 0 saturated carbocycles. The molecule has 0 aliphatic carbocycles. The minimum Gasteiger partial charge on any atom is -0.263 e. The minimum atomic E-state index is 0.540. The van der Waals surface area contributed by atoms with Gasteiger partial charge in [-0.05, 0) is 18.2 Å². The largest absolute Gasteiger partial charge is 0.263 e. The van der Waals surface area contributed by atoms with Crippen molar-refractivity contribution in [3.63, 3.8) is 0 Å². The van der Waals surface area contributed by atoms with Crippen LogP contribution < -0.4 is 0 Å². The lowest BCUT2D eigenvalue weighted by Gasteiger charge is -1.98. The van der Waals surface area contributed by atoms with Gasteiger partial charge in [0.05, 0.1) is 11.6 Å². The smallest absolute Gasteiger partial charge is 0.0860 e. The highest BCUT2D eigenvalue weighted by atomic mass is 32.2. The molecular formula is C8H14N2S. The molecule has 0 spiro atoms. The predicted octanol–water partition coefficient (Wildman–Crippen LogP) is 2.33. The second-order valence-corrected chi connectivity index (χ2v) is 3.69. The summed E-state index contributed by atoms with van der Waals surface area (Å²) in [7, 11) is 0. The van der Waals surface area contributed by atoms with Crippen molar-refractivity contribution in [2.45, 2.75) is 25.6 Å². The Morgan fingerprint density at radius 1 is 1.64 bits per heavy atom. The molecule has 0 saturated heterocycles. The van der Waals surface area contributed by atoms with Gasteiger partial charge in [0.15, 0.2) is 0 Å². The molecule has 0 fully saturated rings. The molecule has 1 aromatic heterocycles. The van der Waals surface area contributed by atoms with E-state index >= 15 is 0 Å². The van der Waals surface area contributed by atoms with E-state index in [1.165, 1.54) is 5.69 Å². The van der Waals surface area contributed by atoms with Gasteiger partial charge < -0.3 is 0 Å². The summed E-state index contributed by atoms with van der Waals surface area (Å²) in [4.78, 5) is 0. The molecular weight excluding hydrogens is 156 g/mol. The van der Waals surface area contributed by atoms with Crippen molar-refractivity contribution in [3.05, 3.63) is 18.0 Å². The zero-order chi connectivity index (χ0) is 8.27. The van der Waals surface area contributed by atoms with Crippen molar-refractivity contribution < 1.29 is 0 Å². The lowest BCUT2D eigenvalue weighted by molar-refractivity contribution is 0.703. The van der Waals surface area contributed by atoms with Crippen molar-refractivity contribution in [2.75, 3.05) is 6.26 Å². The van der Waals surface area contributed by atoms with Gasteiger partial charge in [0, 0.05) is 6.20 Å². The van der Waals surface area contributed by atoms with Crippen LogP contribution >= 0.6 is 11.8 Å². The van der Waals surface area contributed by atoms with E-state index in [2.05, 4.69) is 31.3 Å². The zero-order valence-corrected chi connectivity index (χ0v) is 8.06. The molecule has 0 N–H and O–H groups in total. The number of aromatic nitrogens is 2. The molecule has 1 rings (SSSR count). The monoisotopic (exact) mass is 170 g/mol. The van der Waals surface area contributed by atoms with Crippen LogP contribution in [0.25, 0.3) is 0 Å². The molecule has 0 atom stereocenters. The van der Waals surface area contributed by atoms with Crippen LogP contribution in [-0.4, -0.2) is 16.0 Å². The molecule has 62 valence electrons. The zero-order valence-electron chi connectivity index (χ0n) is 7.24. The van der Waals surface area contributed by atoms with Gasteiger partial charge in [-0.1, -0.05) is 13.8 Å². The number of hydrogen-bond acceptors (Lipinski definition) is 2. The molecule has 0 bridgehead atoms. The summed E-state index contributed by atoms with van der Waals surface area (Å²) < 4.78 is 1.97. The van der Waals surface area contributed by atoms with Crippen molar-refractivity contribution >= 4 is 11.8 Å². The lowest BCUT2D eigenvalue weighted by Crippen LogP contribution is -1.96. The molecule has 0 amide bonds. The third-order valence-corrected chi connectivity index (χ3v) is 2.04. The molecule has 1 aromatic rings. The standard InChI is InChI=1S/C8H14N2S/c1-7(2)8-4-5-10(9-8)6-11-3/h4-5,7H,6H2,1-3H3. The second kappa shape index (κ2) is 3.81. The Hall–Kier alpha value is -0.440. The van der Waals surface area contributed by atoms with Gasteiger partial charge in [0.2, 0.25) is 0 Å². The summed E-state index contributed by atoms with van der Waals surface area (Å²) in [5.74, 6) is 1.49. The number of rotatable bonds is 3. The quantitative estimate of drug-likeness (QED) is 0.693. The first-order valence-electron chi connectivity index (χ1n) is 3.76. The SMILES string of the molecule is CSCn1ccc(C(C)C)n1. The molecule has 0 aromatic carbocycles. The third kappa shape index (κ3) is 2.26. The Morgan fingerprint density at radius 3 is 2.82 bits per heavy atom. The molecule has 2 nitrogen and oxygen atoms in total. The van der Waals surface area contributed by atoms with E-state index in [1.807, 2.05) is 10.9 Å². The van der Waals surface area contributed by atoms with Gasteiger partial charge in [0.1, 0.15) is 0 Å². The Balaban J connectivity index is 2.66. The molecule has 0 unspecified atom stereocenters. The van der Waals surface area contributed by atoms with E-state index < -0.39 is 0 Å². The third-order valence-electron chi connectivity index (χ3n) is 1.51. The van der Waals surface area contributed by atoms with Crippen molar-refractivity contribution in [1.29, 1.82) is 0 Å². The van der Waals surface area contributed by atoms with Crippen molar-refractivity contribution in [1.82, 2.24) is 9.78 Å². The van der Waals surface area contributed by atoms with Crippen LogP contribution in [0.3, 0.4) is 0 Å². The van der Waals surface area contributed by atoms with Gasteiger partial charge in [-0.2, -0.15) is 5.10 Å². The highest BCUT2D eigenvalue weighted by molar-refractivity contribution is 7.97. The van der Waals surface area contributed by atoms with Gasteiger partial charge >= 0.3 is 0 Å². The van der Waals surface area contributed by atoms with Crippen LogP contribution in [0.1, 0.15) is 25.5 Å². The fourth-order valence-corrected chi connectivity index (χ4v) is 1.30. The first-order chi connectivity index (χ1) is 5.24. The van der Waals surface area contributed by atoms with Crippen LogP contribution in [0.2, 0.25) is 0 Å². The highest BCUT2D eigenvalue weighted by Crippen LogP contribution is 2.11. The van der Waals surface area contributed by atoms with Gasteiger partial charge in [-0.25, -0.2) is 0 Å². The fourth-order valence-electron chi connectivity index (χ4n) is 0.889. The normalized spacial score (nSPS) is 10.9. The highest BCUT2D eigenvalue weighted by Gasteiger charge is 2.01. The topological polar surface area (TPSA) is 17.8 Å². The Kier molecular flexibility index (Phi) is 3.00. The average Bonchev–Trinajstić information content (AvgIpc) is 2.37. The number of nitrogens with zero attached hydrogens (tertiary/aromatic N) is 2. The fraction of sp³-hybridized carbons (Fsp3) is 0.625. The van der Waals surface area contributed by atoms with E-state index in [0.717, 1.165) is 5.88 Å². The summed E-state index contributed by atoms with van der Waals surface area (Å²) in [6, 6.07) is 2.08. The van der Waals surface area contributed by atoms with Gasteiger partial charge in [-0.3, -0.25) is 4.68 Å². The maximum atomic E-state index is 4.40. The van der Waals surface area contributed by atoms with Gasteiger partial charge in [0.25, 0.3) is 0 Å². The first-order valence-corrected chi connectivity index (χ1v) is 5.15. The van der Waals surface area contributed by atoms with Crippen molar-refractivity contribution in [3.8, 4) is 0 Å². The van der Waals surface area contributed by atoms with E-state index in [1.54, 1.807) is 11.8 Å². The van der Waals surface area contributed by atoms with E-state index in [9.17, 15) is 0 Å². The summed E-state index contributed by atoms with van der Waals surface area (Å²) in [5.41, 5.74) is 1.18. The molecule has 0 aliphatic rings. The number of thioether (sulfide) groups is 1. The molecule has 0 aliphatic heterocycles. The first kappa shape index (κ1) is 8.65. The molecule has 11 heavy (non-hydrogen) atoms. The molecule has 0 radical (unpaired) electrons. The summed E-state index contributed by atoms with van der Waals surface area (Å²) >= 11 is 1.78. The van der Waals surface area contributed by atoms with Crippen LogP contribution in [0.5, 0.6) is 0 Å². The summed E-state index contributed by atoms with van der Waals surface area (Å²) in [6.07, 6.45) is 4.11. The van der Waals surface area contributed by atoms with Crippen LogP contribution in [0, 0.1) is 0 Å². The van der Waals surface area contributed by atoms with Crippen LogP contribution in [0.15, 0.2) is 12.3 Å². The molecule has 1 heterocycles. The Morgan fingerprint density at radius 2 is 2.36 bits per heavy atom. The maximum absolute atomic E-state index is 4.40. The Bertz CT molecular complexity index is 218. The number of hydrogen-bond donors (Lipinski definition) is 0. The summed E-state index contributed by atoms with van der Waals surface area (Å²) in [6.45, 7) is 4.32. The van der Waals surface area contributed by atoms with Crippen LogP contribution in [-0.2, 0) is 5.88 Å². The Labute approximate surface area is 72.0 Å². The minimum absolute atomic E-state index is 0.540. The van der Waals surface area contributed by atoms with E-state index in [-0.39, 0.29) is 0 Å². The van der Waals surface area contributed by atoms with Crippen LogP contribution in [0.4, 0.5) is 0 Å². The average molecular weight is 170 g/mol. The van der Waals surface area contributed by atoms with E-state index in [0.29, 0.717) is 5.92 Å². The van der Waals surface area contributed by atoms with Crippen molar-refractivity contribution in [2.24, 2.45) is 0 Å². The summed E-state index contributed by atoms with van der Waals surface area (Å²) in [5, 5.41) is 4.40. The lowest BCUT2D eigenvalue weighted by atomic mass is 10.1. The van der Waals surface area contributed by atoms with Gasteiger partial charge in [-0.15, -0.1) is 11.8 Å². The predicted molar refractivity (Wildman–Crippen MR) is 49.8 cm³/mol. The molecule has 3 heteroatoms. The maximum Gasteiger partial charge on any atom is 0.0860 e. The van der Waals surface area contributed by atoms with E-state index in [4.69, 9.17) is 0 Å².